The van der Waals surface area contributed by atoms with E-state index in [1.165, 1.54) is 18.2 Å². The number of benzene rings is 1. The van der Waals surface area contributed by atoms with E-state index in [1.54, 1.807) is 10.9 Å². The summed E-state index contributed by atoms with van der Waals surface area (Å²) in [5.74, 6) is -1.48. The van der Waals surface area contributed by atoms with Crippen LogP contribution in [0.5, 0.6) is 5.75 Å². The van der Waals surface area contributed by atoms with Crippen molar-refractivity contribution in [3.63, 3.8) is 0 Å². The quantitative estimate of drug-likeness (QED) is 0.401. The lowest BCUT2D eigenvalue weighted by Crippen LogP contribution is -2.56. The number of halogens is 3. The molecule has 4 rings (SSSR count). The van der Waals surface area contributed by atoms with Crippen LogP contribution in [0.15, 0.2) is 30.5 Å². The molecule has 1 aromatic heterocycles. The lowest BCUT2D eigenvalue weighted by atomic mass is 9.72. The Bertz CT molecular complexity index is 1170. The van der Waals surface area contributed by atoms with Crippen molar-refractivity contribution in [3.05, 3.63) is 41.2 Å². The van der Waals surface area contributed by atoms with Crippen molar-refractivity contribution in [2.75, 3.05) is 25.0 Å². The van der Waals surface area contributed by atoms with Crippen LogP contribution in [0.4, 0.5) is 14.5 Å². The lowest BCUT2D eigenvalue weighted by molar-refractivity contribution is -0.154. The van der Waals surface area contributed by atoms with Crippen LogP contribution in [0.3, 0.4) is 0 Å². The first-order valence-electron chi connectivity index (χ1n) is 13.2. The van der Waals surface area contributed by atoms with Crippen LogP contribution < -0.4 is 10.1 Å². The molecule has 39 heavy (non-hydrogen) atoms. The van der Waals surface area contributed by atoms with E-state index in [0.29, 0.717) is 58.2 Å². The van der Waals surface area contributed by atoms with Gasteiger partial charge in [0.2, 0.25) is 0 Å². The van der Waals surface area contributed by atoms with Crippen LogP contribution in [0.1, 0.15) is 64.0 Å². The van der Waals surface area contributed by atoms with Crippen molar-refractivity contribution in [3.8, 4) is 5.75 Å². The van der Waals surface area contributed by atoms with E-state index in [4.69, 9.17) is 11.6 Å². The highest BCUT2D eigenvalue weighted by Crippen LogP contribution is 2.41. The topological polar surface area (TPSA) is 117 Å². The second kappa shape index (κ2) is 11.8. The van der Waals surface area contributed by atoms with Crippen LogP contribution in [-0.4, -0.2) is 69.1 Å². The van der Waals surface area contributed by atoms with Crippen molar-refractivity contribution < 1.29 is 33.3 Å². The second-order valence-corrected chi connectivity index (χ2v) is 11.4. The molecule has 2 heterocycles. The number of nitrogens with zero attached hydrogens (tertiary/aromatic N) is 3. The molecule has 0 spiro atoms. The fraction of sp³-hybridized carbons (Fsp3) is 0.593. The molecule has 1 aliphatic carbocycles. The van der Waals surface area contributed by atoms with E-state index < -0.39 is 35.5 Å². The molecule has 1 amide bonds. The molecular formula is C27H35ClF2N4O5. The van der Waals surface area contributed by atoms with Gasteiger partial charge in [0, 0.05) is 42.6 Å². The molecule has 1 saturated heterocycles. The molecule has 0 bridgehead atoms. The molecular weight excluding hydrogens is 534 g/mol. The lowest BCUT2D eigenvalue weighted by Gasteiger charge is -2.45. The van der Waals surface area contributed by atoms with Crippen LogP contribution in [0.2, 0.25) is 5.02 Å². The summed E-state index contributed by atoms with van der Waals surface area (Å²) in [5, 5.41) is 27.5. The van der Waals surface area contributed by atoms with Gasteiger partial charge in [0.15, 0.2) is 5.75 Å². The van der Waals surface area contributed by atoms with Gasteiger partial charge >= 0.3 is 12.6 Å². The Hall–Kier alpha value is -2.76. The minimum atomic E-state index is -3.10. The van der Waals surface area contributed by atoms with Crippen molar-refractivity contribution >= 4 is 29.2 Å². The highest BCUT2D eigenvalue weighted by molar-refractivity contribution is 6.30. The number of carboxylic acids is 1. The van der Waals surface area contributed by atoms with Crippen molar-refractivity contribution in [1.82, 2.24) is 14.7 Å². The number of aliphatic hydroxyl groups excluding tert-OH is 1. The number of likely N-dealkylation sites (tertiary alicyclic amines) is 1. The number of hydrogen-bond donors (Lipinski definition) is 3. The van der Waals surface area contributed by atoms with Gasteiger partial charge in [-0.1, -0.05) is 25.4 Å². The number of nitrogens with one attached hydrogen (secondary N) is 1. The van der Waals surface area contributed by atoms with Gasteiger partial charge in [-0.3, -0.25) is 14.3 Å². The second-order valence-electron chi connectivity index (χ2n) is 10.9. The maximum Gasteiger partial charge on any atom is 0.387 e. The molecule has 3 N–H and O–H groups in total. The van der Waals surface area contributed by atoms with E-state index in [-0.39, 0.29) is 22.4 Å². The van der Waals surface area contributed by atoms with E-state index in [2.05, 4.69) is 20.1 Å². The first kappa shape index (κ1) is 29.2. The van der Waals surface area contributed by atoms with Gasteiger partial charge in [-0.25, -0.2) is 0 Å². The zero-order valence-electron chi connectivity index (χ0n) is 22.1. The summed E-state index contributed by atoms with van der Waals surface area (Å²) in [6, 6.07) is 5.97. The van der Waals surface area contributed by atoms with Crippen molar-refractivity contribution in [1.29, 1.82) is 0 Å². The zero-order chi connectivity index (χ0) is 28.4. The van der Waals surface area contributed by atoms with Gasteiger partial charge in [-0.05, 0) is 62.6 Å². The molecule has 0 atom stereocenters. The molecule has 214 valence electrons. The monoisotopic (exact) mass is 568 g/mol. The summed E-state index contributed by atoms with van der Waals surface area (Å²) >= 11 is 5.97. The van der Waals surface area contributed by atoms with E-state index >= 15 is 0 Å². The minimum absolute atomic E-state index is 0.0624. The Balaban J connectivity index is 1.61. The standard InChI is InChI=1S/C27H35ClF2N4O5/c1-17(2)21-7-12-31-34(21)27(23(36)32-20-4-3-18(28)15-22(20)39-25(29)30)10-13-33(14-11-27)16-26(24(37)38)8-5-19(35)6-9-26/h3-4,7,12,15,17,19,25,35H,5-6,8-11,13-14,16H2,1-2H3,(H,32,36)(H,37,38). The van der Waals surface area contributed by atoms with Gasteiger partial charge in [0.1, 0.15) is 5.54 Å². The average Bonchev–Trinajstić information content (AvgIpc) is 3.38. The van der Waals surface area contributed by atoms with Gasteiger partial charge < -0.3 is 25.2 Å². The summed E-state index contributed by atoms with van der Waals surface area (Å²) < 4.78 is 32.4. The number of rotatable bonds is 9. The van der Waals surface area contributed by atoms with Crippen molar-refractivity contribution in [2.24, 2.45) is 5.41 Å². The Morgan fingerprint density at radius 1 is 1.18 bits per heavy atom. The maximum atomic E-state index is 14.0. The fourth-order valence-corrected chi connectivity index (χ4v) is 5.94. The summed E-state index contributed by atoms with van der Waals surface area (Å²) in [6.07, 6.45) is 3.50. The van der Waals surface area contributed by atoms with Gasteiger partial charge in [-0.15, -0.1) is 0 Å². The van der Waals surface area contributed by atoms with Crippen LogP contribution in [0.25, 0.3) is 0 Å². The SMILES string of the molecule is CC(C)c1ccnn1C1(C(=O)Nc2ccc(Cl)cc2OC(F)F)CCN(CC2(C(=O)O)CCC(O)CC2)CC1. The number of carboxylic acid groups (broad SMARTS) is 1. The van der Waals surface area contributed by atoms with Gasteiger partial charge in [0.25, 0.3) is 5.91 Å². The number of hydrogen-bond acceptors (Lipinski definition) is 6. The predicted octanol–water partition coefficient (Wildman–Crippen LogP) is 4.70. The third-order valence-electron chi connectivity index (χ3n) is 8.07. The molecule has 1 saturated carbocycles. The number of aliphatic carboxylic acids is 1. The summed E-state index contributed by atoms with van der Waals surface area (Å²) in [5.41, 5.74) is -1.17. The first-order chi connectivity index (χ1) is 18.5. The first-order valence-corrected chi connectivity index (χ1v) is 13.6. The molecule has 1 aromatic carbocycles. The average molecular weight is 569 g/mol. The number of aliphatic hydroxyl groups is 1. The molecule has 2 aliphatic rings. The van der Waals surface area contributed by atoms with Gasteiger partial charge in [-0.2, -0.15) is 13.9 Å². The smallest absolute Gasteiger partial charge is 0.387 e. The highest BCUT2D eigenvalue weighted by atomic mass is 35.5. The number of piperidine rings is 1. The van der Waals surface area contributed by atoms with Crippen molar-refractivity contribution in [2.45, 2.75) is 76.5 Å². The van der Waals surface area contributed by atoms with E-state index in [1.807, 2.05) is 19.9 Å². The Morgan fingerprint density at radius 2 is 1.85 bits per heavy atom. The third kappa shape index (κ3) is 6.20. The summed E-state index contributed by atoms with van der Waals surface area (Å²) in [4.78, 5) is 28.3. The Kier molecular flexibility index (Phi) is 8.82. The highest BCUT2D eigenvalue weighted by Gasteiger charge is 2.48. The predicted molar refractivity (Wildman–Crippen MR) is 141 cm³/mol. The van der Waals surface area contributed by atoms with Gasteiger partial charge in [0.05, 0.1) is 17.2 Å². The maximum absolute atomic E-state index is 14.0. The number of alkyl halides is 2. The molecule has 1 aliphatic heterocycles. The zero-order valence-corrected chi connectivity index (χ0v) is 22.8. The molecule has 2 fully saturated rings. The Labute approximate surface area is 231 Å². The molecule has 9 nitrogen and oxygen atoms in total. The third-order valence-corrected chi connectivity index (χ3v) is 8.31. The number of aromatic nitrogens is 2. The summed E-state index contributed by atoms with van der Waals surface area (Å²) in [6.45, 7) is 2.09. The van der Waals surface area contributed by atoms with Crippen LogP contribution in [-0.2, 0) is 15.1 Å². The fourth-order valence-electron chi connectivity index (χ4n) is 5.78. The molecule has 0 unspecified atom stereocenters. The van der Waals surface area contributed by atoms with E-state index in [9.17, 15) is 28.6 Å². The Morgan fingerprint density at radius 3 is 2.44 bits per heavy atom. The molecule has 12 heteroatoms. The number of amides is 1. The minimum Gasteiger partial charge on any atom is -0.481 e. The molecule has 0 radical (unpaired) electrons. The number of anilines is 1. The normalized spacial score (nSPS) is 23.6. The van der Waals surface area contributed by atoms with Crippen LogP contribution >= 0.6 is 11.6 Å². The van der Waals surface area contributed by atoms with Crippen LogP contribution in [0, 0.1) is 5.41 Å². The number of carbonyl (C=O) groups is 2. The largest absolute Gasteiger partial charge is 0.481 e. The number of carbonyl (C=O) groups excluding carboxylic acids is 1. The molecule has 2 aromatic rings. The van der Waals surface area contributed by atoms with E-state index in [0.717, 1.165) is 5.69 Å². The summed E-state index contributed by atoms with van der Waals surface area (Å²) in [7, 11) is 0. The number of ether oxygens (including phenoxy) is 1.